The maximum atomic E-state index is 3.94. The summed E-state index contributed by atoms with van der Waals surface area (Å²) in [6.45, 7) is 6.55. The van der Waals surface area contributed by atoms with Gasteiger partial charge >= 0.3 is 0 Å². The molecule has 0 fully saturated rings. The third-order valence-corrected chi connectivity index (χ3v) is 2.78. The molecule has 0 aliphatic rings. The number of hydrogen-bond donors (Lipinski definition) is 0. The van der Waals surface area contributed by atoms with E-state index >= 15 is 0 Å². The van der Waals surface area contributed by atoms with Crippen LogP contribution in [-0.4, -0.2) is 18.3 Å². The van der Waals surface area contributed by atoms with Crippen LogP contribution in [0.25, 0.3) is 0 Å². The molecule has 0 radical (unpaired) electrons. The lowest BCUT2D eigenvalue weighted by molar-refractivity contribution is 1.31. The highest BCUT2D eigenvalue weighted by molar-refractivity contribution is 7.56. The van der Waals surface area contributed by atoms with Crippen molar-refractivity contribution < 1.29 is 0 Å². The van der Waals surface area contributed by atoms with Gasteiger partial charge in [-0.1, -0.05) is 18.5 Å². The largest absolute Gasteiger partial charge is 0.137 e. The topological polar surface area (TPSA) is 0 Å². The van der Waals surface area contributed by atoms with Crippen molar-refractivity contribution in [1.82, 2.24) is 0 Å². The Balaban J connectivity index is 4.00. The lowest BCUT2D eigenvalue weighted by Gasteiger charge is -1.89. The van der Waals surface area contributed by atoms with Gasteiger partial charge in [0.15, 0.2) is 0 Å². The molecule has 0 spiro atoms. The van der Waals surface area contributed by atoms with Gasteiger partial charge < -0.3 is 0 Å². The molecule has 0 rings (SSSR count). The van der Waals surface area contributed by atoms with Gasteiger partial charge in [-0.25, -0.2) is 0 Å². The smallest absolute Gasteiger partial charge is 0.0264 e. The maximum absolute atomic E-state index is 3.94. The molecule has 0 aliphatic carbocycles. The van der Waals surface area contributed by atoms with E-state index in [4.69, 9.17) is 0 Å². The summed E-state index contributed by atoms with van der Waals surface area (Å²) >= 11 is 0. The van der Waals surface area contributed by atoms with E-state index in [1.807, 2.05) is 0 Å². The van der Waals surface area contributed by atoms with Crippen molar-refractivity contribution >= 4 is 18.8 Å². The molecule has 0 aromatic carbocycles. The van der Waals surface area contributed by atoms with E-state index in [1.165, 1.54) is 6.42 Å². The van der Waals surface area contributed by atoms with Crippen LogP contribution in [0, 0.1) is 0 Å². The Labute approximate surface area is 46.6 Å². The van der Waals surface area contributed by atoms with Gasteiger partial charge in [0.25, 0.3) is 0 Å². The minimum Gasteiger partial charge on any atom is -0.137 e. The summed E-state index contributed by atoms with van der Waals surface area (Å²) in [5.74, 6) is 0. The summed E-state index contributed by atoms with van der Waals surface area (Å²) in [4.78, 5) is 0. The Morgan fingerprint density at radius 3 is 2.14 bits per heavy atom. The first kappa shape index (κ1) is 7.04. The molecule has 0 bridgehead atoms. The molecular formula is C6H13P. The van der Waals surface area contributed by atoms with Gasteiger partial charge in [0.05, 0.1) is 0 Å². The Kier molecular flexibility index (Phi) is 3.11. The van der Waals surface area contributed by atoms with E-state index < -0.39 is 0 Å². The van der Waals surface area contributed by atoms with Crippen LogP contribution in [0.5, 0.6) is 0 Å². The molecule has 1 unspecified atom stereocenters. The minimum absolute atomic E-state index is 0.00489. The first-order chi connectivity index (χ1) is 3.18. The van der Waals surface area contributed by atoms with Crippen molar-refractivity contribution in [3.8, 4) is 0 Å². The lowest BCUT2D eigenvalue weighted by atomic mass is 10.4. The van der Waals surface area contributed by atoms with Crippen molar-refractivity contribution in [2.75, 3.05) is 6.66 Å². The monoisotopic (exact) mass is 116 g/mol. The molecular weight excluding hydrogens is 103 g/mol. The third kappa shape index (κ3) is 2.70. The van der Waals surface area contributed by atoms with E-state index in [0.29, 0.717) is 0 Å². The van der Waals surface area contributed by atoms with Crippen molar-refractivity contribution in [1.29, 1.82) is 0 Å². The fraction of sp³-hybridized carbons (Fsp3) is 0.667. The average Bonchev–Trinajstić information content (AvgIpc) is 1.65. The van der Waals surface area contributed by atoms with Gasteiger partial charge in [-0.05, 0) is 20.0 Å². The van der Waals surface area contributed by atoms with Crippen LogP contribution in [0.3, 0.4) is 0 Å². The van der Waals surface area contributed by atoms with Crippen molar-refractivity contribution in [3.63, 3.8) is 0 Å². The van der Waals surface area contributed by atoms with Crippen LogP contribution in [-0.2, 0) is 0 Å². The first-order valence-electron chi connectivity index (χ1n) is 2.55. The highest BCUT2D eigenvalue weighted by atomic mass is 31.1. The minimum atomic E-state index is 0.00489. The fourth-order valence-electron chi connectivity index (χ4n) is 0.270. The first-order valence-corrected chi connectivity index (χ1v) is 4.52. The average molecular weight is 116 g/mol. The summed E-state index contributed by atoms with van der Waals surface area (Å²) in [7, 11) is 0.00489. The number of hydrogen-bond acceptors (Lipinski definition) is 0. The van der Waals surface area contributed by atoms with Gasteiger partial charge in [0.1, 0.15) is 0 Å². The van der Waals surface area contributed by atoms with E-state index in [1.54, 1.807) is 5.29 Å². The molecule has 0 aromatic heterocycles. The highest BCUT2D eigenvalue weighted by Crippen LogP contribution is 2.02. The van der Waals surface area contributed by atoms with Gasteiger partial charge in [-0.15, -0.1) is 7.17 Å². The second kappa shape index (κ2) is 3.10. The molecule has 0 N–H and O–H groups in total. The van der Waals surface area contributed by atoms with E-state index in [0.717, 1.165) is 0 Å². The standard InChI is InChI=1S/C6H13P/c1-5-6(2)7(3)4/h3,5H2,1-2,4H3. The van der Waals surface area contributed by atoms with Gasteiger partial charge in [-0.3, -0.25) is 0 Å². The Morgan fingerprint density at radius 2 is 2.14 bits per heavy atom. The third-order valence-electron chi connectivity index (χ3n) is 1.16. The van der Waals surface area contributed by atoms with Crippen LogP contribution >= 0.6 is 7.17 Å². The predicted molar refractivity (Wildman–Crippen MR) is 40.9 cm³/mol. The molecule has 0 saturated carbocycles. The molecule has 1 heteroatoms. The van der Waals surface area contributed by atoms with Crippen LogP contribution in [0.15, 0.2) is 0 Å². The van der Waals surface area contributed by atoms with Crippen LogP contribution in [0.1, 0.15) is 20.3 Å². The lowest BCUT2D eigenvalue weighted by Crippen LogP contribution is -1.79. The Bertz CT molecular complexity index is 116. The molecule has 7 heavy (non-hydrogen) atoms. The highest BCUT2D eigenvalue weighted by Gasteiger charge is 1.77. The van der Waals surface area contributed by atoms with Crippen LogP contribution < -0.4 is 0 Å². The molecule has 0 nitrogen and oxygen atoms in total. The zero-order valence-corrected chi connectivity index (χ0v) is 6.26. The van der Waals surface area contributed by atoms with Crippen LogP contribution in [0.2, 0.25) is 0 Å². The predicted octanol–water partition coefficient (Wildman–Crippen LogP) is 2.13. The van der Waals surface area contributed by atoms with Crippen molar-refractivity contribution in [3.05, 3.63) is 0 Å². The summed E-state index contributed by atoms with van der Waals surface area (Å²) < 4.78 is 0. The normalized spacial score (nSPS) is 13.6. The van der Waals surface area contributed by atoms with E-state index in [9.17, 15) is 0 Å². The molecule has 0 aromatic rings. The van der Waals surface area contributed by atoms with Crippen LogP contribution in [0.4, 0.5) is 0 Å². The summed E-state index contributed by atoms with van der Waals surface area (Å²) in [6, 6.07) is 0. The van der Waals surface area contributed by atoms with Crippen molar-refractivity contribution in [2.24, 2.45) is 0 Å². The fourth-order valence-corrected chi connectivity index (χ4v) is 0.810. The molecule has 42 valence electrons. The van der Waals surface area contributed by atoms with E-state index in [-0.39, 0.29) is 7.17 Å². The summed E-state index contributed by atoms with van der Waals surface area (Å²) in [5, 5.41) is 1.55. The SMILES string of the molecule is C=P(C)=C(C)CC. The van der Waals surface area contributed by atoms with Gasteiger partial charge in [-0.2, -0.15) is 0 Å². The molecule has 0 saturated heterocycles. The maximum Gasteiger partial charge on any atom is -0.0264 e. The molecule has 0 amide bonds. The zero-order valence-electron chi connectivity index (χ0n) is 5.36. The van der Waals surface area contributed by atoms with Gasteiger partial charge in [0.2, 0.25) is 0 Å². The van der Waals surface area contributed by atoms with Crippen molar-refractivity contribution in [2.45, 2.75) is 20.3 Å². The summed E-state index contributed by atoms with van der Waals surface area (Å²) in [5.41, 5.74) is 0. The second-order valence-electron chi connectivity index (χ2n) is 1.79. The Morgan fingerprint density at radius 1 is 1.71 bits per heavy atom. The Hall–Kier alpha value is 0.0400. The second-order valence-corrected chi connectivity index (χ2v) is 3.95. The molecule has 0 aliphatic heterocycles. The molecule has 0 heterocycles. The molecule has 1 atom stereocenters. The number of rotatable bonds is 1. The zero-order chi connectivity index (χ0) is 5.86. The van der Waals surface area contributed by atoms with Gasteiger partial charge in [0, 0.05) is 0 Å². The quantitative estimate of drug-likeness (QED) is 0.460. The summed E-state index contributed by atoms with van der Waals surface area (Å²) in [6.07, 6.45) is 5.14. The van der Waals surface area contributed by atoms with E-state index in [2.05, 4.69) is 26.8 Å².